The molecule has 1 nitrogen and oxygen atoms in total. The van der Waals surface area contributed by atoms with Gasteiger partial charge in [0.2, 0.25) is 0 Å². The van der Waals surface area contributed by atoms with Crippen LogP contribution in [0, 0.1) is 5.82 Å². The molecule has 0 aliphatic heterocycles. The minimum atomic E-state index is -0.147. The highest BCUT2D eigenvalue weighted by atomic mass is 19.1. The topological polar surface area (TPSA) is 9.23 Å². The first-order valence-corrected chi connectivity index (χ1v) is 4.98. The fraction of sp³-hybridized carbons (Fsp3) is 0.500. The minimum Gasteiger partial charge on any atom is -0.376 e. The van der Waals surface area contributed by atoms with Gasteiger partial charge in [0, 0.05) is 6.42 Å². The molecule has 1 atom stereocenters. The number of hydrogen-bond donors (Lipinski definition) is 0. The van der Waals surface area contributed by atoms with Crippen LogP contribution in [0.3, 0.4) is 0 Å². The van der Waals surface area contributed by atoms with Gasteiger partial charge in [0.05, 0.1) is 12.2 Å². The van der Waals surface area contributed by atoms with E-state index < -0.39 is 0 Å². The van der Waals surface area contributed by atoms with Crippen LogP contribution >= 0.6 is 0 Å². The van der Waals surface area contributed by atoms with Crippen LogP contribution in [-0.2, 0) is 11.2 Å². The van der Waals surface area contributed by atoms with Gasteiger partial charge in [-0.1, -0.05) is 18.2 Å². The summed E-state index contributed by atoms with van der Waals surface area (Å²) in [5.41, 5.74) is 0.723. The molecule has 14 heavy (non-hydrogen) atoms. The third-order valence-corrected chi connectivity index (χ3v) is 1.97. The van der Waals surface area contributed by atoms with Crippen molar-refractivity contribution < 1.29 is 9.13 Å². The van der Waals surface area contributed by atoms with E-state index in [9.17, 15) is 4.39 Å². The van der Waals surface area contributed by atoms with Gasteiger partial charge >= 0.3 is 0 Å². The highest BCUT2D eigenvalue weighted by molar-refractivity contribution is 5.17. The van der Waals surface area contributed by atoms with Gasteiger partial charge in [-0.2, -0.15) is 0 Å². The Balaban J connectivity index is 2.56. The lowest BCUT2D eigenvalue weighted by Crippen LogP contribution is -2.17. The van der Waals surface area contributed by atoms with Gasteiger partial charge in [-0.3, -0.25) is 0 Å². The standard InChI is InChI=1S/C12H17FO/c1-9(2)14-10(3)8-11-6-4-5-7-12(11)13/h4-7,9-10H,8H2,1-3H3. The predicted octanol–water partition coefficient (Wildman–Crippen LogP) is 3.18. The van der Waals surface area contributed by atoms with E-state index in [0.29, 0.717) is 6.42 Å². The average Bonchev–Trinajstić information content (AvgIpc) is 2.07. The summed E-state index contributed by atoms with van der Waals surface area (Å²) in [6.07, 6.45) is 0.883. The molecular formula is C12H17FO. The molecule has 2 heteroatoms. The Hall–Kier alpha value is -0.890. The summed E-state index contributed by atoms with van der Waals surface area (Å²) in [5.74, 6) is -0.147. The van der Waals surface area contributed by atoms with Gasteiger partial charge in [0.1, 0.15) is 5.82 Å². The summed E-state index contributed by atoms with van der Waals surface area (Å²) >= 11 is 0. The van der Waals surface area contributed by atoms with Crippen molar-refractivity contribution in [2.75, 3.05) is 0 Å². The lowest BCUT2D eigenvalue weighted by atomic mass is 10.1. The quantitative estimate of drug-likeness (QED) is 0.718. The van der Waals surface area contributed by atoms with Crippen molar-refractivity contribution in [3.8, 4) is 0 Å². The first-order chi connectivity index (χ1) is 6.59. The first-order valence-electron chi connectivity index (χ1n) is 4.98. The van der Waals surface area contributed by atoms with E-state index in [1.807, 2.05) is 26.8 Å². The van der Waals surface area contributed by atoms with Crippen LogP contribution in [0.5, 0.6) is 0 Å². The molecular weight excluding hydrogens is 179 g/mol. The summed E-state index contributed by atoms with van der Waals surface area (Å²) in [6, 6.07) is 6.83. The summed E-state index contributed by atoms with van der Waals surface area (Å²) in [7, 11) is 0. The van der Waals surface area contributed by atoms with E-state index in [1.165, 1.54) is 6.07 Å². The van der Waals surface area contributed by atoms with E-state index in [0.717, 1.165) is 5.56 Å². The van der Waals surface area contributed by atoms with Crippen molar-refractivity contribution in [1.29, 1.82) is 0 Å². The molecule has 1 aromatic rings. The van der Waals surface area contributed by atoms with E-state index >= 15 is 0 Å². The van der Waals surface area contributed by atoms with E-state index in [-0.39, 0.29) is 18.0 Å². The van der Waals surface area contributed by atoms with Gasteiger partial charge in [-0.15, -0.1) is 0 Å². The fourth-order valence-electron chi connectivity index (χ4n) is 1.49. The van der Waals surface area contributed by atoms with Gasteiger partial charge in [-0.05, 0) is 32.4 Å². The average molecular weight is 196 g/mol. The molecule has 0 amide bonds. The second-order valence-corrected chi connectivity index (χ2v) is 3.79. The molecule has 0 N–H and O–H groups in total. The van der Waals surface area contributed by atoms with Gasteiger partial charge in [0.15, 0.2) is 0 Å². The Morgan fingerprint density at radius 1 is 1.21 bits per heavy atom. The van der Waals surface area contributed by atoms with Crippen molar-refractivity contribution in [2.45, 2.75) is 39.4 Å². The van der Waals surface area contributed by atoms with Crippen LogP contribution in [0.2, 0.25) is 0 Å². The smallest absolute Gasteiger partial charge is 0.126 e. The third-order valence-electron chi connectivity index (χ3n) is 1.97. The van der Waals surface area contributed by atoms with Crippen molar-refractivity contribution in [2.24, 2.45) is 0 Å². The molecule has 0 aliphatic carbocycles. The highest BCUT2D eigenvalue weighted by Gasteiger charge is 2.08. The Bertz CT molecular complexity index is 283. The summed E-state index contributed by atoms with van der Waals surface area (Å²) in [5, 5.41) is 0. The first kappa shape index (κ1) is 11.2. The zero-order chi connectivity index (χ0) is 10.6. The van der Waals surface area contributed by atoms with Crippen LogP contribution in [-0.4, -0.2) is 12.2 Å². The highest BCUT2D eigenvalue weighted by Crippen LogP contribution is 2.11. The zero-order valence-electron chi connectivity index (χ0n) is 8.96. The maximum atomic E-state index is 13.2. The van der Waals surface area contributed by atoms with Gasteiger partial charge in [-0.25, -0.2) is 4.39 Å². The molecule has 1 aromatic carbocycles. The second-order valence-electron chi connectivity index (χ2n) is 3.79. The lowest BCUT2D eigenvalue weighted by molar-refractivity contribution is 0.0190. The monoisotopic (exact) mass is 196 g/mol. The summed E-state index contributed by atoms with van der Waals surface area (Å²) in [4.78, 5) is 0. The van der Waals surface area contributed by atoms with Gasteiger partial charge in [0.25, 0.3) is 0 Å². The van der Waals surface area contributed by atoms with Crippen LogP contribution in [0.25, 0.3) is 0 Å². The summed E-state index contributed by atoms with van der Waals surface area (Å²) < 4.78 is 18.8. The molecule has 0 aliphatic rings. The Labute approximate surface area is 84.9 Å². The third kappa shape index (κ3) is 3.46. The Morgan fingerprint density at radius 2 is 1.86 bits per heavy atom. The number of hydrogen-bond acceptors (Lipinski definition) is 1. The number of benzene rings is 1. The molecule has 0 fully saturated rings. The molecule has 0 spiro atoms. The zero-order valence-corrected chi connectivity index (χ0v) is 8.96. The maximum Gasteiger partial charge on any atom is 0.126 e. The SMILES string of the molecule is CC(C)OC(C)Cc1ccccc1F. The molecule has 0 saturated heterocycles. The number of ether oxygens (including phenoxy) is 1. The number of halogens is 1. The van der Waals surface area contributed by atoms with E-state index in [2.05, 4.69) is 0 Å². The second kappa shape index (κ2) is 5.11. The molecule has 78 valence electrons. The predicted molar refractivity (Wildman–Crippen MR) is 55.8 cm³/mol. The van der Waals surface area contributed by atoms with Crippen LogP contribution < -0.4 is 0 Å². The van der Waals surface area contributed by atoms with Crippen LogP contribution in [0.15, 0.2) is 24.3 Å². The van der Waals surface area contributed by atoms with Crippen molar-refractivity contribution >= 4 is 0 Å². The van der Waals surface area contributed by atoms with E-state index in [4.69, 9.17) is 4.74 Å². The van der Waals surface area contributed by atoms with Crippen LogP contribution in [0.4, 0.5) is 4.39 Å². The molecule has 0 radical (unpaired) electrons. The van der Waals surface area contributed by atoms with Crippen molar-refractivity contribution in [3.63, 3.8) is 0 Å². The fourth-order valence-corrected chi connectivity index (χ4v) is 1.49. The molecule has 0 heterocycles. The summed E-state index contributed by atoms with van der Waals surface area (Å²) in [6.45, 7) is 5.93. The van der Waals surface area contributed by atoms with Gasteiger partial charge < -0.3 is 4.74 Å². The normalized spacial score (nSPS) is 13.2. The maximum absolute atomic E-state index is 13.2. The minimum absolute atomic E-state index is 0.0619. The molecule has 0 saturated carbocycles. The molecule has 0 bridgehead atoms. The molecule has 1 unspecified atom stereocenters. The Kier molecular flexibility index (Phi) is 4.08. The molecule has 0 aromatic heterocycles. The largest absolute Gasteiger partial charge is 0.376 e. The van der Waals surface area contributed by atoms with Crippen molar-refractivity contribution in [3.05, 3.63) is 35.6 Å². The lowest BCUT2D eigenvalue weighted by Gasteiger charge is -2.16. The van der Waals surface area contributed by atoms with Crippen LogP contribution in [0.1, 0.15) is 26.3 Å². The Morgan fingerprint density at radius 3 is 2.43 bits per heavy atom. The number of rotatable bonds is 4. The molecule has 1 rings (SSSR count). The van der Waals surface area contributed by atoms with E-state index in [1.54, 1.807) is 12.1 Å². The van der Waals surface area contributed by atoms with Crippen molar-refractivity contribution in [1.82, 2.24) is 0 Å².